The molecule has 0 fully saturated rings. The minimum absolute atomic E-state index is 0.0126. The number of rotatable bonds is 7. The molecular weight excluding hydrogens is 380 g/mol. The number of hydrogen-bond donors (Lipinski definition) is 1. The zero-order valence-electron chi connectivity index (χ0n) is 15.3. The molecule has 0 aliphatic carbocycles. The second-order valence-corrected chi connectivity index (χ2v) is 7.61. The Bertz CT molecular complexity index is 922. The maximum absolute atomic E-state index is 12.3. The highest BCUT2D eigenvalue weighted by Gasteiger charge is 2.11. The van der Waals surface area contributed by atoms with Gasteiger partial charge >= 0.3 is 0 Å². The number of para-hydroxylation sites is 1. The number of anilines is 1. The highest BCUT2D eigenvalue weighted by atomic mass is 35.5. The molecule has 3 aromatic rings. The van der Waals surface area contributed by atoms with Crippen LogP contribution in [0.25, 0.3) is 11.3 Å². The second-order valence-electron chi connectivity index (χ2n) is 6.19. The van der Waals surface area contributed by atoms with Gasteiger partial charge in [0.2, 0.25) is 5.91 Å². The normalized spacial score (nSPS) is 10.8. The van der Waals surface area contributed by atoms with Gasteiger partial charge in [0.1, 0.15) is 11.5 Å². The van der Waals surface area contributed by atoms with Crippen LogP contribution in [0.15, 0.2) is 53.1 Å². The molecule has 0 saturated carbocycles. The standard InChI is InChI=1S/C21H21ClN2O2S/c1-3-15-6-4-5-14(2)21(15)23-20(25)13-27-12-18-11-19(24-26-18)16-7-9-17(22)10-8-16/h4-11H,3,12-13H2,1-2H3,(H,23,25). The Balaban J connectivity index is 1.53. The van der Waals surface area contributed by atoms with Gasteiger partial charge in [-0.2, -0.15) is 0 Å². The summed E-state index contributed by atoms with van der Waals surface area (Å²) < 4.78 is 5.37. The number of carbonyl (C=O) groups excluding carboxylic acids is 1. The van der Waals surface area contributed by atoms with E-state index in [0.717, 1.165) is 40.3 Å². The molecule has 1 N–H and O–H groups in total. The topological polar surface area (TPSA) is 55.1 Å². The summed E-state index contributed by atoms with van der Waals surface area (Å²) in [4.78, 5) is 12.3. The van der Waals surface area contributed by atoms with E-state index in [2.05, 4.69) is 17.4 Å². The van der Waals surface area contributed by atoms with Gasteiger partial charge in [0, 0.05) is 22.3 Å². The van der Waals surface area contributed by atoms with Crippen molar-refractivity contribution >= 4 is 35.0 Å². The highest BCUT2D eigenvalue weighted by molar-refractivity contribution is 7.99. The molecular formula is C21H21ClN2O2S. The summed E-state index contributed by atoms with van der Waals surface area (Å²) in [6.07, 6.45) is 0.885. The number of carbonyl (C=O) groups is 1. The summed E-state index contributed by atoms with van der Waals surface area (Å²) in [5.74, 6) is 1.67. The number of halogens is 1. The molecule has 4 nitrogen and oxygen atoms in total. The summed E-state index contributed by atoms with van der Waals surface area (Å²) in [5, 5.41) is 7.80. The van der Waals surface area contributed by atoms with E-state index in [-0.39, 0.29) is 5.91 Å². The molecule has 0 atom stereocenters. The van der Waals surface area contributed by atoms with Crippen molar-refractivity contribution in [2.24, 2.45) is 0 Å². The molecule has 0 saturated heterocycles. The van der Waals surface area contributed by atoms with Crippen molar-refractivity contribution in [1.29, 1.82) is 0 Å². The van der Waals surface area contributed by atoms with Gasteiger partial charge in [0.25, 0.3) is 0 Å². The van der Waals surface area contributed by atoms with Gasteiger partial charge in [-0.1, -0.05) is 54.0 Å². The fraction of sp³-hybridized carbons (Fsp3) is 0.238. The predicted molar refractivity (Wildman–Crippen MR) is 112 cm³/mol. The average molecular weight is 401 g/mol. The summed E-state index contributed by atoms with van der Waals surface area (Å²) >= 11 is 7.40. The van der Waals surface area contributed by atoms with Gasteiger partial charge in [-0.05, 0) is 36.6 Å². The third kappa shape index (κ3) is 5.15. The Morgan fingerprint density at radius 1 is 1.22 bits per heavy atom. The van der Waals surface area contributed by atoms with Crippen molar-refractivity contribution in [1.82, 2.24) is 5.16 Å². The van der Waals surface area contributed by atoms with Crippen molar-refractivity contribution in [3.63, 3.8) is 0 Å². The minimum atomic E-state index is -0.0126. The highest BCUT2D eigenvalue weighted by Crippen LogP contribution is 2.24. The van der Waals surface area contributed by atoms with Crippen molar-refractivity contribution in [2.75, 3.05) is 11.1 Å². The van der Waals surface area contributed by atoms with E-state index in [0.29, 0.717) is 16.5 Å². The van der Waals surface area contributed by atoms with Crippen LogP contribution in [0.5, 0.6) is 0 Å². The molecule has 27 heavy (non-hydrogen) atoms. The fourth-order valence-electron chi connectivity index (χ4n) is 2.76. The first-order chi connectivity index (χ1) is 13.1. The van der Waals surface area contributed by atoms with Crippen LogP contribution in [0.3, 0.4) is 0 Å². The number of hydrogen-bond acceptors (Lipinski definition) is 4. The first-order valence-corrected chi connectivity index (χ1v) is 10.3. The lowest BCUT2D eigenvalue weighted by Crippen LogP contribution is -2.16. The van der Waals surface area contributed by atoms with Gasteiger partial charge < -0.3 is 9.84 Å². The van der Waals surface area contributed by atoms with Crippen LogP contribution in [0.2, 0.25) is 5.02 Å². The van der Waals surface area contributed by atoms with Crippen LogP contribution < -0.4 is 5.32 Å². The van der Waals surface area contributed by atoms with Crippen molar-refractivity contribution < 1.29 is 9.32 Å². The van der Waals surface area contributed by atoms with E-state index < -0.39 is 0 Å². The second kappa shape index (κ2) is 9.11. The zero-order chi connectivity index (χ0) is 19.2. The Hall–Kier alpha value is -2.24. The number of aryl methyl sites for hydroxylation is 2. The first kappa shape index (κ1) is 19.5. The predicted octanol–water partition coefficient (Wildman–Crippen LogP) is 5.74. The first-order valence-electron chi connectivity index (χ1n) is 8.74. The summed E-state index contributed by atoms with van der Waals surface area (Å²) in [6, 6.07) is 15.4. The average Bonchev–Trinajstić information content (AvgIpc) is 3.13. The molecule has 1 aromatic heterocycles. The molecule has 2 aromatic carbocycles. The van der Waals surface area contributed by atoms with Gasteiger partial charge in [-0.25, -0.2) is 0 Å². The fourth-order valence-corrected chi connectivity index (χ4v) is 3.58. The van der Waals surface area contributed by atoms with Gasteiger partial charge in [-0.15, -0.1) is 11.8 Å². The molecule has 0 aliphatic rings. The summed E-state index contributed by atoms with van der Waals surface area (Å²) in [5.41, 5.74) is 4.87. The quantitative estimate of drug-likeness (QED) is 0.549. The van der Waals surface area contributed by atoms with Crippen LogP contribution in [0, 0.1) is 6.92 Å². The van der Waals surface area contributed by atoms with Gasteiger partial charge in [0.15, 0.2) is 0 Å². The van der Waals surface area contributed by atoms with E-state index in [1.807, 2.05) is 55.5 Å². The molecule has 0 spiro atoms. The van der Waals surface area contributed by atoms with Crippen LogP contribution in [0.1, 0.15) is 23.8 Å². The third-order valence-electron chi connectivity index (χ3n) is 4.18. The lowest BCUT2D eigenvalue weighted by Gasteiger charge is -2.12. The van der Waals surface area contributed by atoms with Gasteiger partial charge in [-0.3, -0.25) is 4.79 Å². The number of thioether (sulfide) groups is 1. The maximum Gasteiger partial charge on any atom is 0.234 e. The van der Waals surface area contributed by atoms with Crippen LogP contribution in [0.4, 0.5) is 5.69 Å². The van der Waals surface area contributed by atoms with E-state index in [9.17, 15) is 4.79 Å². The minimum Gasteiger partial charge on any atom is -0.360 e. The SMILES string of the molecule is CCc1cccc(C)c1NC(=O)CSCc1cc(-c2ccc(Cl)cc2)no1. The van der Waals surface area contributed by atoms with Crippen LogP contribution in [-0.2, 0) is 17.0 Å². The lowest BCUT2D eigenvalue weighted by molar-refractivity contribution is -0.113. The third-order valence-corrected chi connectivity index (χ3v) is 5.39. The molecule has 0 unspecified atom stereocenters. The Labute approximate surface area is 168 Å². The Kier molecular flexibility index (Phi) is 6.58. The Morgan fingerprint density at radius 2 is 2.00 bits per heavy atom. The summed E-state index contributed by atoms with van der Waals surface area (Å²) in [7, 11) is 0. The van der Waals surface area contributed by atoms with E-state index in [4.69, 9.17) is 16.1 Å². The number of amides is 1. The molecule has 0 aliphatic heterocycles. The van der Waals surface area contributed by atoms with E-state index in [1.165, 1.54) is 11.8 Å². The van der Waals surface area contributed by atoms with Crippen molar-refractivity contribution in [2.45, 2.75) is 26.0 Å². The molecule has 6 heteroatoms. The van der Waals surface area contributed by atoms with Crippen molar-refractivity contribution in [3.05, 3.63) is 70.4 Å². The molecule has 140 valence electrons. The van der Waals surface area contributed by atoms with Crippen molar-refractivity contribution in [3.8, 4) is 11.3 Å². The monoisotopic (exact) mass is 400 g/mol. The molecule has 1 amide bonds. The van der Waals surface area contributed by atoms with Crippen LogP contribution in [-0.4, -0.2) is 16.8 Å². The Morgan fingerprint density at radius 3 is 2.74 bits per heavy atom. The molecule has 0 radical (unpaired) electrons. The summed E-state index contributed by atoms with van der Waals surface area (Å²) in [6.45, 7) is 4.09. The molecule has 0 bridgehead atoms. The van der Waals surface area contributed by atoms with E-state index in [1.54, 1.807) is 0 Å². The van der Waals surface area contributed by atoms with E-state index >= 15 is 0 Å². The number of benzene rings is 2. The molecule has 1 heterocycles. The van der Waals surface area contributed by atoms with Gasteiger partial charge in [0.05, 0.1) is 11.5 Å². The lowest BCUT2D eigenvalue weighted by atomic mass is 10.1. The smallest absolute Gasteiger partial charge is 0.234 e. The number of nitrogens with zero attached hydrogens (tertiary/aromatic N) is 1. The largest absolute Gasteiger partial charge is 0.360 e. The number of aromatic nitrogens is 1. The zero-order valence-corrected chi connectivity index (χ0v) is 16.9. The molecule has 3 rings (SSSR count). The number of nitrogens with one attached hydrogen (secondary N) is 1. The maximum atomic E-state index is 12.3. The van der Waals surface area contributed by atoms with Crippen LogP contribution >= 0.6 is 23.4 Å².